The van der Waals surface area contributed by atoms with E-state index in [9.17, 15) is 8.42 Å². The first-order valence-electron chi connectivity index (χ1n) is 10.1. The van der Waals surface area contributed by atoms with Gasteiger partial charge in [-0.15, -0.1) is 10.2 Å². The summed E-state index contributed by atoms with van der Waals surface area (Å²) >= 11 is 0. The second-order valence-corrected chi connectivity index (χ2v) is 8.90. The number of hydrogen-bond donors (Lipinski definition) is 1. The zero-order chi connectivity index (χ0) is 23.3. The molecule has 170 valence electrons. The summed E-state index contributed by atoms with van der Waals surface area (Å²) in [5.74, 6) is 1.69. The molecule has 0 saturated carbocycles. The fourth-order valence-electron chi connectivity index (χ4n) is 3.20. The third-order valence-corrected chi connectivity index (χ3v) is 6.44. The van der Waals surface area contributed by atoms with Crippen LogP contribution in [0.15, 0.2) is 77.7 Å². The average Bonchev–Trinajstić information content (AvgIpc) is 3.32. The summed E-state index contributed by atoms with van der Waals surface area (Å²) in [5, 5.41) is 12.5. The molecule has 0 amide bonds. The summed E-state index contributed by atoms with van der Waals surface area (Å²) in [4.78, 5) is 1.51. The van der Waals surface area contributed by atoms with E-state index < -0.39 is 10.0 Å². The van der Waals surface area contributed by atoms with Gasteiger partial charge < -0.3 is 9.47 Å². The Labute approximate surface area is 192 Å². The number of tetrazole rings is 1. The summed E-state index contributed by atoms with van der Waals surface area (Å²) in [7, 11) is -0.634. The van der Waals surface area contributed by atoms with Crippen LogP contribution in [-0.2, 0) is 23.1 Å². The molecule has 0 atom stereocenters. The Morgan fingerprint density at radius 1 is 0.848 bits per heavy atom. The molecule has 0 aliphatic heterocycles. The van der Waals surface area contributed by atoms with Crippen LogP contribution in [0, 0.1) is 0 Å². The highest BCUT2D eigenvalue weighted by Gasteiger charge is 2.21. The maximum absolute atomic E-state index is 13.1. The monoisotopic (exact) mass is 465 g/mol. The minimum atomic E-state index is -3.82. The van der Waals surface area contributed by atoms with E-state index >= 15 is 0 Å². The van der Waals surface area contributed by atoms with Crippen LogP contribution in [0.2, 0.25) is 0 Å². The maximum Gasteiger partial charge on any atom is 0.241 e. The van der Waals surface area contributed by atoms with E-state index in [2.05, 4.69) is 20.1 Å². The molecule has 0 radical (unpaired) electrons. The molecule has 33 heavy (non-hydrogen) atoms. The van der Waals surface area contributed by atoms with Gasteiger partial charge in [-0.3, -0.25) is 0 Å². The van der Waals surface area contributed by atoms with Gasteiger partial charge in [-0.1, -0.05) is 36.4 Å². The number of benzene rings is 3. The van der Waals surface area contributed by atoms with E-state index in [1.54, 1.807) is 56.7 Å². The highest BCUT2D eigenvalue weighted by molar-refractivity contribution is 7.89. The van der Waals surface area contributed by atoms with Gasteiger partial charge >= 0.3 is 0 Å². The molecular formula is C23H23N5O4S. The molecule has 1 N–H and O–H groups in total. The first-order chi connectivity index (χ1) is 16.0. The Morgan fingerprint density at radius 2 is 1.45 bits per heavy atom. The predicted molar refractivity (Wildman–Crippen MR) is 122 cm³/mol. The van der Waals surface area contributed by atoms with Crippen LogP contribution >= 0.6 is 0 Å². The van der Waals surface area contributed by atoms with Crippen molar-refractivity contribution in [2.24, 2.45) is 0 Å². The van der Waals surface area contributed by atoms with Gasteiger partial charge in [-0.05, 0) is 52.7 Å². The average molecular weight is 466 g/mol. The highest BCUT2D eigenvalue weighted by atomic mass is 32.2. The first-order valence-corrected chi connectivity index (χ1v) is 11.6. The largest absolute Gasteiger partial charge is 0.497 e. The zero-order valence-corrected chi connectivity index (χ0v) is 19.0. The summed E-state index contributed by atoms with van der Waals surface area (Å²) in [6.07, 6.45) is 0. The van der Waals surface area contributed by atoms with Crippen LogP contribution in [0.3, 0.4) is 0 Å². The fraction of sp³-hybridized carbons (Fsp3) is 0.174. The van der Waals surface area contributed by atoms with Crippen molar-refractivity contribution in [3.63, 3.8) is 0 Å². The number of aromatic nitrogens is 4. The lowest BCUT2D eigenvalue weighted by atomic mass is 10.2. The minimum absolute atomic E-state index is 0.0857. The van der Waals surface area contributed by atoms with Crippen LogP contribution in [0.1, 0.15) is 11.1 Å². The van der Waals surface area contributed by atoms with Crippen LogP contribution in [0.5, 0.6) is 11.5 Å². The Bertz CT molecular complexity index is 1320. The Morgan fingerprint density at radius 3 is 2.09 bits per heavy atom. The van der Waals surface area contributed by atoms with E-state index in [0.29, 0.717) is 17.9 Å². The predicted octanol–water partition coefficient (Wildman–Crippen LogP) is 2.88. The molecule has 4 rings (SSSR count). The lowest BCUT2D eigenvalue weighted by Gasteiger charge is -2.10. The highest BCUT2D eigenvalue weighted by Crippen LogP contribution is 2.24. The molecule has 0 unspecified atom stereocenters. The standard InChI is InChI=1S/C23H23N5O4S/c1-31-19-11-7-17(8-12-19)15-24-33(29,30)22-6-4-3-5-21(22)23-25-27-28(26-23)16-18-9-13-20(32-2)14-10-18/h3-14,24H,15-16H2,1-2H3. The summed E-state index contributed by atoms with van der Waals surface area (Å²) < 4.78 is 39.0. The second-order valence-electron chi connectivity index (χ2n) is 7.16. The number of nitrogens with zero attached hydrogens (tertiary/aromatic N) is 4. The van der Waals surface area contributed by atoms with Gasteiger partial charge in [0.2, 0.25) is 15.8 Å². The topological polar surface area (TPSA) is 108 Å². The van der Waals surface area contributed by atoms with Crippen molar-refractivity contribution < 1.29 is 17.9 Å². The number of sulfonamides is 1. The lowest BCUT2D eigenvalue weighted by Crippen LogP contribution is -2.24. The van der Waals surface area contributed by atoms with E-state index in [4.69, 9.17) is 9.47 Å². The van der Waals surface area contributed by atoms with Gasteiger partial charge in [-0.2, -0.15) is 4.80 Å². The number of ether oxygens (including phenoxy) is 2. The number of methoxy groups -OCH3 is 2. The molecule has 1 heterocycles. The van der Waals surface area contributed by atoms with Gasteiger partial charge in [0.25, 0.3) is 0 Å². The summed E-state index contributed by atoms with van der Waals surface area (Å²) in [5.41, 5.74) is 2.14. The molecule has 4 aromatic rings. The van der Waals surface area contributed by atoms with Gasteiger partial charge in [0, 0.05) is 12.1 Å². The summed E-state index contributed by atoms with van der Waals surface area (Å²) in [6.45, 7) is 0.528. The van der Waals surface area contributed by atoms with Crippen molar-refractivity contribution in [3.8, 4) is 22.9 Å². The van der Waals surface area contributed by atoms with Crippen molar-refractivity contribution in [2.75, 3.05) is 14.2 Å². The molecule has 0 saturated heterocycles. The third kappa shape index (κ3) is 5.36. The SMILES string of the molecule is COc1ccc(CNS(=O)(=O)c2ccccc2-c2nnn(Cc3ccc(OC)cc3)n2)cc1. The van der Waals surface area contributed by atoms with E-state index in [0.717, 1.165) is 16.9 Å². The zero-order valence-electron chi connectivity index (χ0n) is 18.2. The van der Waals surface area contributed by atoms with Crippen LogP contribution in [-0.4, -0.2) is 42.8 Å². The molecule has 0 aliphatic carbocycles. The molecule has 3 aromatic carbocycles. The quantitative estimate of drug-likeness (QED) is 0.405. The van der Waals surface area contributed by atoms with Crippen LogP contribution < -0.4 is 14.2 Å². The maximum atomic E-state index is 13.1. The Kier molecular flexibility index (Phi) is 6.66. The lowest BCUT2D eigenvalue weighted by molar-refractivity contribution is 0.414. The molecule has 0 spiro atoms. The van der Waals surface area contributed by atoms with Gasteiger partial charge in [0.15, 0.2) is 0 Å². The molecule has 0 aliphatic rings. The summed E-state index contributed by atoms with van der Waals surface area (Å²) in [6, 6.07) is 21.3. The van der Waals surface area contributed by atoms with Gasteiger partial charge in [0.1, 0.15) is 11.5 Å². The van der Waals surface area contributed by atoms with Crippen molar-refractivity contribution >= 4 is 10.0 Å². The van der Waals surface area contributed by atoms with Crippen LogP contribution in [0.25, 0.3) is 11.4 Å². The molecule has 9 nitrogen and oxygen atoms in total. The number of rotatable bonds is 9. The first kappa shape index (κ1) is 22.4. The number of hydrogen-bond acceptors (Lipinski definition) is 7. The van der Waals surface area contributed by atoms with Crippen molar-refractivity contribution in [1.29, 1.82) is 0 Å². The minimum Gasteiger partial charge on any atom is -0.497 e. The smallest absolute Gasteiger partial charge is 0.241 e. The molecule has 1 aromatic heterocycles. The Hall–Kier alpha value is -3.76. The van der Waals surface area contributed by atoms with E-state index in [1.807, 2.05) is 24.3 Å². The van der Waals surface area contributed by atoms with Crippen molar-refractivity contribution in [3.05, 3.63) is 83.9 Å². The molecule has 0 bridgehead atoms. The van der Waals surface area contributed by atoms with E-state index in [-0.39, 0.29) is 17.3 Å². The number of nitrogens with one attached hydrogen (secondary N) is 1. The Balaban J connectivity index is 1.52. The fourth-order valence-corrected chi connectivity index (χ4v) is 4.42. The third-order valence-electron chi connectivity index (χ3n) is 4.98. The molecule has 0 fully saturated rings. The van der Waals surface area contributed by atoms with E-state index in [1.165, 1.54) is 10.9 Å². The van der Waals surface area contributed by atoms with Crippen LogP contribution in [0.4, 0.5) is 0 Å². The van der Waals surface area contributed by atoms with Crippen molar-refractivity contribution in [1.82, 2.24) is 24.9 Å². The molecule has 10 heteroatoms. The van der Waals surface area contributed by atoms with Crippen molar-refractivity contribution in [2.45, 2.75) is 18.0 Å². The van der Waals surface area contributed by atoms with Gasteiger partial charge in [0.05, 0.1) is 25.7 Å². The second kappa shape index (κ2) is 9.80. The van der Waals surface area contributed by atoms with Gasteiger partial charge in [-0.25, -0.2) is 13.1 Å². The normalized spacial score (nSPS) is 11.3. The molecular weight excluding hydrogens is 442 g/mol.